The molecule has 6 nitrogen and oxygen atoms in total. The molecule has 2 aromatic carbocycles. The van der Waals surface area contributed by atoms with Gasteiger partial charge in [0.15, 0.2) is 0 Å². The van der Waals surface area contributed by atoms with E-state index in [0.29, 0.717) is 5.76 Å². The molecule has 0 radical (unpaired) electrons. The van der Waals surface area contributed by atoms with Crippen molar-refractivity contribution >= 4 is 27.5 Å². The van der Waals surface area contributed by atoms with E-state index in [1.807, 2.05) is 0 Å². The van der Waals surface area contributed by atoms with Gasteiger partial charge in [0.1, 0.15) is 10.7 Å². The summed E-state index contributed by atoms with van der Waals surface area (Å²) in [6.07, 6.45) is -3.10. The van der Waals surface area contributed by atoms with Gasteiger partial charge in [-0.25, -0.2) is 13.1 Å². The van der Waals surface area contributed by atoms with E-state index in [9.17, 15) is 26.4 Å². The fourth-order valence-corrected chi connectivity index (χ4v) is 4.17. The first-order valence-corrected chi connectivity index (χ1v) is 10.7. The molecule has 3 rings (SSSR count). The van der Waals surface area contributed by atoms with Crippen molar-refractivity contribution in [3.05, 3.63) is 88.3 Å². The molecule has 0 aliphatic heterocycles. The number of rotatable bonds is 7. The first kappa shape index (κ1) is 22.9. The van der Waals surface area contributed by atoms with Crippen molar-refractivity contribution in [2.24, 2.45) is 0 Å². The number of halogens is 4. The van der Waals surface area contributed by atoms with Crippen LogP contribution in [0.4, 0.5) is 13.2 Å². The number of carbonyl (C=O) groups excluding carboxylic acids is 1. The lowest BCUT2D eigenvalue weighted by atomic mass is 10.1. The maximum absolute atomic E-state index is 12.8. The predicted molar refractivity (Wildman–Crippen MR) is 107 cm³/mol. The van der Waals surface area contributed by atoms with Crippen LogP contribution in [0.25, 0.3) is 0 Å². The van der Waals surface area contributed by atoms with E-state index in [-0.39, 0.29) is 34.1 Å². The Kier molecular flexibility index (Phi) is 6.73. The molecule has 0 spiro atoms. The van der Waals surface area contributed by atoms with Crippen molar-refractivity contribution in [1.82, 2.24) is 10.0 Å². The molecule has 0 atom stereocenters. The molecule has 0 saturated carbocycles. The van der Waals surface area contributed by atoms with Crippen molar-refractivity contribution in [1.29, 1.82) is 0 Å². The third-order valence-corrected chi connectivity index (χ3v) is 6.09. The molecule has 0 saturated heterocycles. The summed E-state index contributed by atoms with van der Waals surface area (Å²) < 4.78 is 70.9. The third-order valence-electron chi connectivity index (χ3n) is 4.21. The van der Waals surface area contributed by atoms with E-state index >= 15 is 0 Å². The van der Waals surface area contributed by atoms with Gasteiger partial charge >= 0.3 is 6.18 Å². The molecule has 2 N–H and O–H groups in total. The van der Waals surface area contributed by atoms with Gasteiger partial charge in [0.25, 0.3) is 5.91 Å². The highest BCUT2D eigenvalue weighted by molar-refractivity contribution is 7.89. The average molecular weight is 473 g/mol. The van der Waals surface area contributed by atoms with Crippen LogP contribution in [0.2, 0.25) is 5.02 Å². The van der Waals surface area contributed by atoms with Gasteiger partial charge in [-0.3, -0.25) is 4.79 Å². The molecule has 0 aliphatic rings. The van der Waals surface area contributed by atoms with Crippen LogP contribution < -0.4 is 10.0 Å². The average Bonchev–Trinajstić information content (AvgIpc) is 3.24. The van der Waals surface area contributed by atoms with E-state index in [1.54, 1.807) is 12.1 Å². The number of carbonyl (C=O) groups is 1. The summed E-state index contributed by atoms with van der Waals surface area (Å²) in [6.45, 7) is -0.290. The van der Waals surface area contributed by atoms with Crippen LogP contribution in [0.3, 0.4) is 0 Å². The van der Waals surface area contributed by atoms with Crippen molar-refractivity contribution in [2.45, 2.75) is 24.2 Å². The van der Waals surface area contributed by atoms with Gasteiger partial charge in [0.05, 0.1) is 23.4 Å². The molecule has 11 heteroatoms. The Morgan fingerprint density at radius 2 is 1.81 bits per heavy atom. The molecule has 0 fully saturated rings. The summed E-state index contributed by atoms with van der Waals surface area (Å²) >= 11 is 6.00. The number of nitrogens with one attached hydrogen (secondary N) is 2. The normalized spacial score (nSPS) is 12.0. The Bertz CT molecular complexity index is 1180. The van der Waals surface area contributed by atoms with Crippen LogP contribution >= 0.6 is 11.6 Å². The minimum absolute atomic E-state index is 0.0188. The maximum Gasteiger partial charge on any atom is 0.416 e. The fourth-order valence-electron chi connectivity index (χ4n) is 2.65. The highest BCUT2D eigenvalue weighted by Crippen LogP contribution is 2.29. The number of furan rings is 1. The second-order valence-corrected chi connectivity index (χ2v) is 8.57. The smallest absolute Gasteiger partial charge is 0.416 e. The number of amides is 1. The minimum atomic E-state index is -4.50. The van der Waals surface area contributed by atoms with Gasteiger partial charge in [-0.2, -0.15) is 13.2 Å². The van der Waals surface area contributed by atoms with Crippen LogP contribution in [0, 0.1) is 0 Å². The monoisotopic (exact) mass is 472 g/mol. The van der Waals surface area contributed by atoms with Gasteiger partial charge in [-0.05, 0) is 48.0 Å². The highest BCUT2D eigenvalue weighted by Gasteiger charge is 2.30. The molecular weight excluding hydrogens is 457 g/mol. The molecule has 1 aromatic heterocycles. The quantitative estimate of drug-likeness (QED) is 0.535. The Morgan fingerprint density at radius 3 is 2.48 bits per heavy atom. The van der Waals surface area contributed by atoms with Gasteiger partial charge in [-0.1, -0.05) is 23.7 Å². The molecule has 0 aliphatic carbocycles. The molecule has 0 unspecified atom stereocenters. The summed E-state index contributed by atoms with van der Waals surface area (Å²) in [5, 5.41) is 2.37. The first-order chi connectivity index (χ1) is 14.6. The number of hydrogen-bond acceptors (Lipinski definition) is 4. The molecule has 1 heterocycles. The molecule has 0 bridgehead atoms. The Hall–Kier alpha value is -2.82. The van der Waals surface area contributed by atoms with E-state index in [2.05, 4.69) is 10.0 Å². The predicted octanol–water partition coefficient (Wildman–Crippen LogP) is 4.36. The molecule has 31 heavy (non-hydrogen) atoms. The summed E-state index contributed by atoms with van der Waals surface area (Å²) in [7, 11) is -4.06. The van der Waals surface area contributed by atoms with E-state index in [0.717, 1.165) is 18.2 Å². The highest BCUT2D eigenvalue weighted by atomic mass is 35.5. The lowest BCUT2D eigenvalue weighted by Crippen LogP contribution is -2.25. The fraction of sp³-hybridized carbons (Fsp3) is 0.150. The lowest BCUT2D eigenvalue weighted by molar-refractivity contribution is -0.137. The summed E-state index contributed by atoms with van der Waals surface area (Å²) in [6, 6.07) is 11.4. The third kappa shape index (κ3) is 5.87. The SMILES string of the molecule is O=C(NCc1cccc(C(F)(F)F)c1)c1ccc(Cl)c(S(=O)(=O)NCc2ccco2)c1. The molecule has 3 aromatic rings. The first-order valence-electron chi connectivity index (χ1n) is 8.82. The zero-order valence-corrected chi connectivity index (χ0v) is 17.3. The molecule has 164 valence electrons. The summed E-state index contributed by atoms with van der Waals surface area (Å²) in [5.74, 6) is -0.286. The van der Waals surface area contributed by atoms with Crippen molar-refractivity contribution in [3.63, 3.8) is 0 Å². The van der Waals surface area contributed by atoms with Gasteiger partial charge in [-0.15, -0.1) is 0 Å². The summed E-state index contributed by atoms with van der Waals surface area (Å²) in [5.41, 5.74) is -0.610. The van der Waals surface area contributed by atoms with Gasteiger partial charge in [0.2, 0.25) is 10.0 Å². The maximum atomic E-state index is 12.8. The van der Waals surface area contributed by atoms with E-state index in [1.165, 1.54) is 30.5 Å². The largest absolute Gasteiger partial charge is 0.468 e. The Balaban J connectivity index is 1.72. The second-order valence-electron chi connectivity index (χ2n) is 6.43. The minimum Gasteiger partial charge on any atom is -0.468 e. The Labute approximate surface area is 181 Å². The van der Waals surface area contributed by atoms with Gasteiger partial charge in [0, 0.05) is 12.1 Å². The number of alkyl halides is 3. The van der Waals surface area contributed by atoms with Crippen molar-refractivity contribution in [3.8, 4) is 0 Å². The zero-order chi connectivity index (χ0) is 22.6. The van der Waals surface area contributed by atoms with Crippen LogP contribution in [-0.4, -0.2) is 14.3 Å². The van der Waals surface area contributed by atoms with Crippen molar-refractivity contribution in [2.75, 3.05) is 0 Å². The van der Waals surface area contributed by atoms with Crippen LogP contribution in [0.5, 0.6) is 0 Å². The summed E-state index contributed by atoms with van der Waals surface area (Å²) in [4.78, 5) is 12.1. The number of hydrogen-bond donors (Lipinski definition) is 2. The van der Waals surface area contributed by atoms with Crippen LogP contribution in [0.1, 0.15) is 27.2 Å². The number of benzene rings is 2. The lowest BCUT2D eigenvalue weighted by Gasteiger charge is -2.11. The Morgan fingerprint density at radius 1 is 1.03 bits per heavy atom. The van der Waals surface area contributed by atoms with Crippen LogP contribution in [0.15, 0.2) is 70.2 Å². The van der Waals surface area contributed by atoms with Crippen molar-refractivity contribution < 1.29 is 30.8 Å². The number of sulfonamides is 1. The van der Waals surface area contributed by atoms with Gasteiger partial charge < -0.3 is 9.73 Å². The molecular formula is C20H16ClF3N2O4S. The second kappa shape index (κ2) is 9.13. The standard InChI is InChI=1S/C20H16ClF3N2O4S/c21-17-7-6-14(10-18(17)31(28,29)26-12-16-5-2-8-30-16)19(27)25-11-13-3-1-4-15(9-13)20(22,23)24/h1-10,26H,11-12H2,(H,25,27). The van der Waals surface area contributed by atoms with E-state index in [4.69, 9.17) is 16.0 Å². The van der Waals surface area contributed by atoms with Crippen LogP contribution in [-0.2, 0) is 29.3 Å². The molecule has 1 amide bonds. The zero-order valence-electron chi connectivity index (χ0n) is 15.7. The topological polar surface area (TPSA) is 88.4 Å². The van der Waals surface area contributed by atoms with E-state index < -0.39 is 27.7 Å².